The lowest BCUT2D eigenvalue weighted by Gasteiger charge is -2.20. The smallest absolute Gasteiger partial charge is 0.387 e. The largest absolute Gasteiger partial charge is 0.435 e. The molecule has 1 aromatic heterocycles. The fourth-order valence-corrected chi connectivity index (χ4v) is 2.74. The van der Waals surface area contributed by atoms with Crippen LogP contribution in [0.25, 0.3) is 0 Å². The Labute approximate surface area is 130 Å². The lowest BCUT2D eigenvalue weighted by atomic mass is 10.0. The molecular weight excluding hydrogens is 344 g/mol. The molecule has 2 rings (SSSR count). The number of alkyl halides is 2. The van der Waals surface area contributed by atoms with Crippen molar-refractivity contribution in [3.05, 3.63) is 46.2 Å². The molecular formula is C14H16BrF2N3O. The van der Waals surface area contributed by atoms with E-state index in [9.17, 15) is 8.78 Å². The molecule has 21 heavy (non-hydrogen) atoms. The van der Waals surface area contributed by atoms with Crippen molar-refractivity contribution in [2.24, 2.45) is 7.05 Å². The molecule has 114 valence electrons. The molecule has 0 spiro atoms. The number of halogens is 3. The minimum absolute atomic E-state index is 0.0857. The fraction of sp³-hybridized carbons (Fsp3) is 0.357. The molecule has 2 aromatic rings. The van der Waals surface area contributed by atoms with E-state index in [1.165, 1.54) is 12.1 Å². The van der Waals surface area contributed by atoms with Gasteiger partial charge in [0, 0.05) is 7.05 Å². The summed E-state index contributed by atoms with van der Waals surface area (Å²) < 4.78 is 31.4. The summed E-state index contributed by atoms with van der Waals surface area (Å²) in [7, 11) is 1.86. The Balaban J connectivity index is 2.30. The second kappa shape index (κ2) is 7.00. The van der Waals surface area contributed by atoms with Crippen molar-refractivity contribution in [3.63, 3.8) is 0 Å². The van der Waals surface area contributed by atoms with Crippen LogP contribution in [0.15, 0.2) is 34.9 Å². The number of rotatable bonds is 6. The molecule has 0 aliphatic carbocycles. The summed E-state index contributed by atoms with van der Waals surface area (Å²) in [4.78, 5) is 0. The molecule has 0 fully saturated rings. The zero-order chi connectivity index (χ0) is 15.4. The van der Waals surface area contributed by atoms with Gasteiger partial charge in [0.1, 0.15) is 5.75 Å². The molecule has 1 N–H and O–H groups in total. The van der Waals surface area contributed by atoms with Crippen LogP contribution in [0.2, 0.25) is 0 Å². The topological polar surface area (TPSA) is 39.1 Å². The average Bonchev–Trinajstić information content (AvgIpc) is 2.76. The molecule has 1 unspecified atom stereocenters. The molecule has 0 bridgehead atoms. The molecule has 0 aliphatic heterocycles. The van der Waals surface area contributed by atoms with Gasteiger partial charge in [-0.05, 0) is 40.2 Å². The second-order valence-electron chi connectivity index (χ2n) is 4.44. The predicted octanol–water partition coefficient (Wildman–Crippen LogP) is 3.48. The van der Waals surface area contributed by atoms with E-state index in [0.29, 0.717) is 0 Å². The van der Waals surface area contributed by atoms with Crippen LogP contribution in [0.4, 0.5) is 8.78 Å². The number of benzene rings is 1. The minimum atomic E-state index is -2.81. The van der Waals surface area contributed by atoms with Crippen LogP contribution >= 0.6 is 15.9 Å². The molecule has 4 nitrogen and oxygen atoms in total. The van der Waals surface area contributed by atoms with E-state index in [2.05, 4.69) is 31.1 Å². The highest BCUT2D eigenvalue weighted by atomic mass is 79.9. The molecule has 0 amide bonds. The molecule has 1 aromatic carbocycles. The predicted molar refractivity (Wildman–Crippen MR) is 79.5 cm³/mol. The molecule has 0 radical (unpaired) electrons. The second-order valence-corrected chi connectivity index (χ2v) is 5.29. The standard InChI is InChI=1S/C14H16BrF2N3O/c1-3-18-12(13-11(15)8-19-20(13)2)9-4-6-10(7-5-9)21-14(16)17/h4-8,12,14,18H,3H2,1-2H3. The van der Waals surface area contributed by atoms with Crippen molar-refractivity contribution in [1.82, 2.24) is 15.1 Å². The first kappa shape index (κ1) is 15.9. The Kier molecular flexibility index (Phi) is 5.30. The van der Waals surface area contributed by atoms with Gasteiger partial charge < -0.3 is 10.1 Å². The van der Waals surface area contributed by atoms with Crippen molar-refractivity contribution >= 4 is 15.9 Å². The van der Waals surface area contributed by atoms with Crippen molar-refractivity contribution < 1.29 is 13.5 Å². The van der Waals surface area contributed by atoms with Crippen molar-refractivity contribution in [2.75, 3.05) is 6.54 Å². The summed E-state index contributed by atoms with van der Waals surface area (Å²) in [5, 5.41) is 7.57. The first-order valence-corrected chi connectivity index (χ1v) is 7.27. The first-order chi connectivity index (χ1) is 10.0. The third-order valence-corrected chi connectivity index (χ3v) is 3.67. The maximum atomic E-state index is 12.2. The third-order valence-electron chi connectivity index (χ3n) is 3.06. The van der Waals surface area contributed by atoms with Gasteiger partial charge in [0.2, 0.25) is 0 Å². The van der Waals surface area contributed by atoms with Crippen molar-refractivity contribution in [3.8, 4) is 5.75 Å². The van der Waals surface area contributed by atoms with Crippen LogP contribution < -0.4 is 10.1 Å². The Hall–Kier alpha value is -1.47. The monoisotopic (exact) mass is 359 g/mol. The van der Waals surface area contributed by atoms with E-state index in [0.717, 1.165) is 22.3 Å². The van der Waals surface area contributed by atoms with E-state index >= 15 is 0 Å². The number of aryl methyl sites for hydroxylation is 1. The highest BCUT2D eigenvalue weighted by Gasteiger charge is 2.20. The minimum Gasteiger partial charge on any atom is -0.435 e. The average molecular weight is 360 g/mol. The van der Waals surface area contributed by atoms with Crippen LogP contribution in [-0.4, -0.2) is 22.9 Å². The highest BCUT2D eigenvalue weighted by Crippen LogP contribution is 2.29. The lowest BCUT2D eigenvalue weighted by molar-refractivity contribution is -0.0498. The van der Waals surface area contributed by atoms with Crippen LogP contribution in [0.3, 0.4) is 0 Å². The molecule has 0 saturated heterocycles. The summed E-state index contributed by atoms with van der Waals surface area (Å²) in [6.45, 7) is -0.0463. The lowest BCUT2D eigenvalue weighted by Crippen LogP contribution is -2.24. The number of nitrogens with zero attached hydrogens (tertiary/aromatic N) is 2. The van der Waals surface area contributed by atoms with Gasteiger partial charge in [-0.2, -0.15) is 13.9 Å². The van der Waals surface area contributed by atoms with Crippen LogP contribution in [0, 0.1) is 0 Å². The maximum Gasteiger partial charge on any atom is 0.387 e. The van der Waals surface area contributed by atoms with Gasteiger partial charge in [-0.25, -0.2) is 0 Å². The Morgan fingerprint density at radius 3 is 2.48 bits per heavy atom. The maximum absolute atomic E-state index is 12.2. The van der Waals surface area contributed by atoms with Crippen LogP contribution in [0.1, 0.15) is 24.2 Å². The quantitative estimate of drug-likeness (QED) is 0.857. The zero-order valence-corrected chi connectivity index (χ0v) is 13.3. The molecule has 0 saturated carbocycles. The zero-order valence-electron chi connectivity index (χ0n) is 11.7. The van der Waals surface area contributed by atoms with Crippen molar-refractivity contribution in [1.29, 1.82) is 0 Å². The summed E-state index contributed by atoms with van der Waals surface area (Å²) in [5.74, 6) is 0.146. The van der Waals surface area contributed by atoms with E-state index < -0.39 is 6.61 Å². The number of hydrogen-bond donors (Lipinski definition) is 1. The third kappa shape index (κ3) is 3.79. The molecule has 1 heterocycles. The van der Waals surface area contributed by atoms with Crippen LogP contribution in [-0.2, 0) is 7.05 Å². The number of hydrogen-bond acceptors (Lipinski definition) is 3. The molecule has 0 aliphatic rings. The fourth-order valence-electron chi connectivity index (χ4n) is 2.16. The normalized spacial score (nSPS) is 12.7. The molecule has 7 heteroatoms. The van der Waals surface area contributed by atoms with Gasteiger partial charge in [-0.1, -0.05) is 19.1 Å². The van der Waals surface area contributed by atoms with Gasteiger partial charge in [0.05, 0.1) is 22.4 Å². The van der Waals surface area contributed by atoms with Gasteiger partial charge in [-0.15, -0.1) is 0 Å². The van der Waals surface area contributed by atoms with E-state index in [4.69, 9.17) is 0 Å². The van der Waals surface area contributed by atoms with Crippen molar-refractivity contribution in [2.45, 2.75) is 19.6 Å². The summed E-state index contributed by atoms with van der Waals surface area (Å²) in [6.07, 6.45) is 1.73. The van der Waals surface area contributed by atoms with Gasteiger partial charge in [-0.3, -0.25) is 4.68 Å². The Morgan fingerprint density at radius 1 is 1.33 bits per heavy atom. The van der Waals surface area contributed by atoms with E-state index in [1.54, 1.807) is 23.0 Å². The SMILES string of the molecule is CCNC(c1ccc(OC(F)F)cc1)c1c(Br)cnn1C. The van der Waals surface area contributed by atoms with Gasteiger partial charge in [0.15, 0.2) is 0 Å². The number of ether oxygens (including phenoxy) is 1. The number of nitrogens with one attached hydrogen (secondary N) is 1. The first-order valence-electron chi connectivity index (χ1n) is 6.48. The summed E-state index contributed by atoms with van der Waals surface area (Å²) >= 11 is 3.49. The highest BCUT2D eigenvalue weighted by molar-refractivity contribution is 9.10. The summed E-state index contributed by atoms with van der Waals surface area (Å²) in [5.41, 5.74) is 1.92. The van der Waals surface area contributed by atoms with Gasteiger partial charge >= 0.3 is 6.61 Å². The Morgan fingerprint density at radius 2 is 2.00 bits per heavy atom. The number of aromatic nitrogens is 2. The van der Waals surface area contributed by atoms with E-state index in [1.807, 2.05) is 14.0 Å². The van der Waals surface area contributed by atoms with E-state index in [-0.39, 0.29) is 11.8 Å². The summed E-state index contributed by atoms with van der Waals surface area (Å²) in [6, 6.07) is 6.53. The van der Waals surface area contributed by atoms with Gasteiger partial charge in [0.25, 0.3) is 0 Å². The molecule has 1 atom stereocenters. The Bertz CT molecular complexity index is 567. The van der Waals surface area contributed by atoms with Crippen LogP contribution in [0.5, 0.6) is 5.75 Å².